The van der Waals surface area contributed by atoms with Crippen molar-refractivity contribution in [3.63, 3.8) is 0 Å². The Morgan fingerprint density at radius 1 is 1.10 bits per heavy atom. The summed E-state index contributed by atoms with van der Waals surface area (Å²) < 4.78 is 81.4. The summed E-state index contributed by atoms with van der Waals surface area (Å²) in [5, 5.41) is 16.0. The average molecular weight is 487 g/mol. The number of nitrogens with two attached hydrogens (primary N) is 1. The summed E-state index contributed by atoms with van der Waals surface area (Å²) in [5.41, 5.74) is 5.18. The van der Waals surface area contributed by atoms with Gasteiger partial charge < -0.3 is 31.3 Å². The SMILES string of the molecule is N[C@@H](CCC(=O)N[C@@H](CSC(F)(F)[C@H](OCF)C(F)(F)F)C(=O)NCC(=O)O)C(=O)O. The lowest BCUT2D eigenvalue weighted by molar-refractivity contribution is -0.269. The van der Waals surface area contributed by atoms with Crippen LogP contribution in [-0.2, 0) is 23.9 Å². The van der Waals surface area contributed by atoms with Gasteiger partial charge in [0.15, 0.2) is 6.86 Å². The van der Waals surface area contributed by atoms with E-state index < -0.39 is 97.1 Å². The first-order valence-electron chi connectivity index (χ1n) is 8.15. The van der Waals surface area contributed by atoms with Crippen molar-refractivity contribution in [3.05, 3.63) is 0 Å². The highest BCUT2D eigenvalue weighted by atomic mass is 32.2. The number of aliphatic carboxylic acids is 2. The quantitative estimate of drug-likeness (QED) is 0.213. The number of hydrogen-bond donors (Lipinski definition) is 5. The molecule has 0 aromatic rings. The third kappa shape index (κ3) is 11.1. The minimum atomic E-state index is -5.67. The zero-order valence-electron chi connectivity index (χ0n) is 15.5. The lowest BCUT2D eigenvalue weighted by atomic mass is 10.1. The van der Waals surface area contributed by atoms with Crippen LogP contribution < -0.4 is 16.4 Å². The summed E-state index contributed by atoms with van der Waals surface area (Å²) in [5.74, 6) is -6.58. The molecule has 31 heavy (non-hydrogen) atoms. The minimum Gasteiger partial charge on any atom is -0.480 e. The van der Waals surface area contributed by atoms with Crippen LogP contribution in [0.15, 0.2) is 0 Å². The second-order valence-corrected chi connectivity index (χ2v) is 6.95. The molecule has 0 saturated heterocycles. The maximum Gasteiger partial charge on any atom is 0.421 e. The minimum absolute atomic E-state index is 0.422. The largest absolute Gasteiger partial charge is 0.480 e. The van der Waals surface area contributed by atoms with Crippen LogP contribution in [0.2, 0.25) is 0 Å². The van der Waals surface area contributed by atoms with Crippen LogP contribution in [0, 0.1) is 0 Å². The molecule has 0 aromatic carbocycles. The zero-order chi connectivity index (χ0) is 24.4. The van der Waals surface area contributed by atoms with Crippen molar-refractivity contribution in [2.45, 2.75) is 42.5 Å². The number of amides is 2. The van der Waals surface area contributed by atoms with Crippen molar-refractivity contribution in [1.29, 1.82) is 0 Å². The van der Waals surface area contributed by atoms with Crippen LogP contribution in [0.25, 0.3) is 0 Å². The fourth-order valence-electron chi connectivity index (χ4n) is 1.86. The second kappa shape index (κ2) is 12.6. The van der Waals surface area contributed by atoms with Crippen molar-refractivity contribution in [1.82, 2.24) is 10.6 Å². The molecule has 10 nitrogen and oxygen atoms in total. The van der Waals surface area contributed by atoms with E-state index in [-0.39, 0.29) is 0 Å². The van der Waals surface area contributed by atoms with E-state index in [0.29, 0.717) is 0 Å². The van der Waals surface area contributed by atoms with Crippen LogP contribution in [0.5, 0.6) is 0 Å². The van der Waals surface area contributed by atoms with Gasteiger partial charge in [-0.1, -0.05) is 11.8 Å². The molecule has 0 unspecified atom stereocenters. The lowest BCUT2D eigenvalue weighted by Gasteiger charge is -2.28. The van der Waals surface area contributed by atoms with Gasteiger partial charge in [-0.3, -0.25) is 19.2 Å². The average Bonchev–Trinajstić information content (AvgIpc) is 2.64. The number of alkyl halides is 6. The molecular formula is C14H19F6N3O7S. The van der Waals surface area contributed by atoms with Crippen LogP contribution in [0.4, 0.5) is 26.3 Å². The molecule has 3 atom stereocenters. The highest BCUT2D eigenvalue weighted by Gasteiger charge is 2.57. The fraction of sp³-hybridized carbons (Fsp3) is 0.714. The predicted octanol–water partition coefficient (Wildman–Crippen LogP) is 0.0646. The Labute approximate surface area is 174 Å². The topological polar surface area (TPSA) is 168 Å². The zero-order valence-corrected chi connectivity index (χ0v) is 16.3. The molecule has 0 saturated carbocycles. The first-order valence-corrected chi connectivity index (χ1v) is 9.13. The molecule has 0 spiro atoms. The van der Waals surface area contributed by atoms with E-state index in [1.54, 1.807) is 5.32 Å². The van der Waals surface area contributed by atoms with Crippen molar-refractivity contribution in [2.75, 3.05) is 19.2 Å². The number of nitrogens with one attached hydrogen (secondary N) is 2. The first kappa shape index (κ1) is 28.7. The Bertz CT molecular complexity index is 652. The molecule has 0 radical (unpaired) electrons. The maximum atomic E-state index is 13.9. The number of hydrogen-bond acceptors (Lipinski definition) is 7. The summed E-state index contributed by atoms with van der Waals surface area (Å²) in [6, 6.07) is -3.41. The van der Waals surface area contributed by atoms with Crippen LogP contribution >= 0.6 is 11.8 Å². The van der Waals surface area contributed by atoms with Gasteiger partial charge in [0.05, 0.1) is 0 Å². The van der Waals surface area contributed by atoms with Gasteiger partial charge >= 0.3 is 23.4 Å². The number of carbonyl (C=O) groups excluding carboxylic acids is 2. The summed E-state index contributed by atoms with van der Waals surface area (Å²) in [4.78, 5) is 44.9. The van der Waals surface area contributed by atoms with E-state index >= 15 is 0 Å². The number of ether oxygens (including phenoxy) is 1. The molecule has 0 rings (SSSR count). The maximum absolute atomic E-state index is 13.9. The van der Waals surface area contributed by atoms with Crippen LogP contribution in [0.3, 0.4) is 0 Å². The van der Waals surface area contributed by atoms with Crippen molar-refractivity contribution in [2.24, 2.45) is 5.73 Å². The highest BCUT2D eigenvalue weighted by molar-refractivity contribution is 8.00. The lowest BCUT2D eigenvalue weighted by Crippen LogP contribution is -2.51. The molecule has 6 N–H and O–H groups in total. The second-order valence-electron chi connectivity index (χ2n) is 5.79. The van der Waals surface area contributed by atoms with E-state index in [2.05, 4.69) is 4.74 Å². The van der Waals surface area contributed by atoms with E-state index in [9.17, 15) is 45.5 Å². The summed E-state index contributed by atoms with van der Waals surface area (Å²) in [7, 11) is 0. The summed E-state index contributed by atoms with van der Waals surface area (Å²) in [6.45, 7) is -3.17. The van der Waals surface area contributed by atoms with Gasteiger partial charge in [0, 0.05) is 12.2 Å². The molecular weight excluding hydrogens is 468 g/mol. The monoisotopic (exact) mass is 487 g/mol. The van der Waals surface area contributed by atoms with Gasteiger partial charge in [0.2, 0.25) is 17.9 Å². The number of thioether (sulfide) groups is 1. The number of halogens is 6. The third-order valence-electron chi connectivity index (χ3n) is 3.34. The number of carboxylic acid groups (broad SMARTS) is 2. The van der Waals surface area contributed by atoms with Gasteiger partial charge in [-0.15, -0.1) is 0 Å². The summed E-state index contributed by atoms with van der Waals surface area (Å²) in [6.07, 6.45) is -10.5. The molecule has 2 amide bonds. The molecule has 0 aromatic heterocycles. The Morgan fingerprint density at radius 3 is 2.13 bits per heavy atom. The van der Waals surface area contributed by atoms with Crippen LogP contribution in [-0.4, -0.2) is 82.7 Å². The molecule has 0 fully saturated rings. The molecule has 0 aliphatic heterocycles. The molecule has 0 heterocycles. The van der Waals surface area contributed by atoms with Gasteiger partial charge in [-0.05, 0) is 6.42 Å². The smallest absolute Gasteiger partial charge is 0.421 e. The fourth-order valence-corrected chi connectivity index (χ4v) is 2.84. The molecule has 0 aliphatic rings. The molecule has 180 valence electrons. The van der Waals surface area contributed by atoms with Gasteiger partial charge in [0.1, 0.15) is 18.6 Å². The number of carbonyl (C=O) groups is 4. The van der Waals surface area contributed by atoms with Crippen molar-refractivity contribution < 1.29 is 60.5 Å². The third-order valence-corrected chi connectivity index (χ3v) is 4.44. The number of rotatable bonds is 14. The van der Waals surface area contributed by atoms with Gasteiger partial charge in [-0.25, -0.2) is 4.39 Å². The molecule has 0 aliphatic carbocycles. The normalized spacial score (nSPS) is 14.9. The van der Waals surface area contributed by atoms with Gasteiger partial charge in [0.25, 0.3) is 0 Å². The Balaban J connectivity index is 5.28. The predicted molar refractivity (Wildman–Crippen MR) is 91.7 cm³/mol. The van der Waals surface area contributed by atoms with Crippen molar-refractivity contribution >= 4 is 35.5 Å². The summed E-state index contributed by atoms with van der Waals surface area (Å²) >= 11 is -0.791. The van der Waals surface area contributed by atoms with E-state index in [1.807, 2.05) is 5.32 Å². The molecule has 0 bridgehead atoms. The van der Waals surface area contributed by atoms with E-state index in [0.717, 1.165) is 0 Å². The van der Waals surface area contributed by atoms with Gasteiger partial charge in [-0.2, -0.15) is 22.0 Å². The van der Waals surface area contributed by atoms with E-state index in [4.69, 9.17) is 15.9 Å². The van der Waals surface area contributed by atoms with Crippen molar-refractivity contribution in [3.8, 4) is 0 Å². The Hall–Kier alpha value is -2.27. The Morgan fingerprint density at radius 2 is 1.68 bits per heavy atom. The van der Waals surface area contributed by atoms with Crippen LogP contribution in [0.1, 0.15) is 12.8 Å². The molecule has 17 heteroatoms. The first-order chi connectivity index (χ1) is 14.1. The number of carboxylic acids is 2. The standard InChI is InChI=1S/C14H19F6N3O7S/c15-5-30-12(13(16,17)18)14(19,20)31-4-7(10(27)22-3-9(25)26)23-8(24)2-1-6(21)11(28)29/h6-7,12H,1-5,21H2,(H,22,27)(H,23,24)(H,25,26)(H,28,29)/t6-,7-,12+/m0/s1. The van der Waals surface area contributed by atoms with E-state index in [1.165, 1.54) is 0 Å². The Kier molecular flexibility index (Phi) is 11.6. The highest BCUT2D eigenvalue weighted by Crippen LogP contribution is 2.42.